The third-order valence-corrected chi connectivity index (χ3v) is 6.69. The molecule has 4 heteroatoms. The van der Waals surface area contributed by atoms with Crippen molar-refractivity contribution in [3.05, 3.63) is 102 Å². The maximum absolute atomic E-state index is 12.3. The van der Waals surface area contributed by atoms with E-state index < -0.39 is 0 Å². The molecule has 4 rings (SSSR count). The maximum Gasteiger partial charge on any atom is 0.220 e. The lowest BCUT2D eigenvalue weighted by molar-refractivity contribution is -0.121. The van der Waals surface area contributed by atoms with Gasteiger partial charge in [0, 0.05) is 41.5 Å². The molecule has 0 saturated carbocycles. The number of nitrogens with zero attached hydrogens (tertiary/aromatic N) is 1. The summed E-state index contributed by atoms with van der Waals surface area (Å²) in [4.78, 5) is 13.5. The van der Waals surface area contributed by atoms with Gasteiger partial charge in [0.05, 0.1) is 0 Å². The Morgan fingerprint density at radius 1 is 0.844 bits per heavy atom. The molecule has 164 valence electrons. The fourth-order valence-corrected chi connectivity index (χ4v) is 4.89. The van der Waals surface area contributed by atoms with Crippen LogP contribution < -0.4 is 5.32 Å². The smallest absolute Gasteiger partial charge is 0.220 e. The number of rotatable bonds is 11. The van der Waals surface area contributed by atoms with Gasteiger partial charge >= 0.3 is 0 Å². The molecule has 0 fully saturated rings. The highest BCUT2D eigenvalue weighted by atomic mass is 32.2. The number of unbranched alkanes of at least 4 members (excludes halogenated alkanes) is 1. The molecule has 1 heterocycles. The predicted octanol–water partition coefficient (Wildman–Crippen LogP) is 6.31. The third kappa shape index (κ3) is 6.27. The van der Waals surface area contributed by atoms with E-state index in [0.717, 1.165) is 31.6 Å². The number of fused-ring (bicyclic) bond motifs is 1. The van der Waals surface area contributed by atoms with Crippen LogP contribution in [0.3, 0.4) is 0 Å². The summed E-state index contributed by atoms with van der Waals surface area (Å²) in [6, 6.07) is 29.5. The quantitative estimate of drug-likeness (QED) is 0.218. The van der Waals surface area contributed by atoms with Crippen molar-refractivity contribution >= 4 is 28.6 Å². The number of carbonyl (C=O) groups excluding carboxylic acids is 1. The van der Waals surface area contributed by atoms with E-state index in [4.69, 9.17) is 0 Å². The van der Waals surface area contributed by atoms with Crippen LogP contribution in [-0.2, 0) is 17.8 Å². The topological polar surface area (TPSA) is 34.0 Å². The van der Waals surface area contributed by atoms with Gasteiger partial charge in [0.1, 0.15) is 0 Å². The Morgan fingerprint density at radius 3 is 2.38 bits per heavy atom. The third-order valence-electron chi connectivity index (χ3n) is 5.59. The summed E-state index contributed by atoms with van der Waals surface area (Å²) in [5.74, 6) is 1.21. The zero-order valence-corrected chi connectivity index (χ0v) is 19.2. The lowest BCUT2D eigenvalue weighted by Gasteiger charge is -2.05. The van der Waals surface area contributed by atoms with E-state index in [1.807, 2.05) is 23.9 Å². The minimum atomic E-state index is 0.155. The SMILES string of the molecule is O=C(CCCCSc1ccccc1)NCCc1cn(Cc2ccccc2)c2ccccc12. The number of amides is 1. The lowest BCUT2D eigenvalue weighted by atomic mass is 10.1. The first-order valence-electron chi connectivity index (χ1n) is 11.3. The Balaban J connectivity index is 1.23. The molecular weight excluding hydrogens is 412 g/mol. The Bertz CT molecular complexity index is 1120. The van der Waals surface area contributed by atoms with Crippen LogP contribution in [0.4, 0.5) is 0 Å². The summed E-state index contributed by atoms with van der Waals surface area (Å²) in [7, 11) is 0. The number of benzene rings is 3. The molecule has 1 amide bonds. The molecule has 0 aliphatic rings. The molecule has 0 radical (unpaired) electrons. The standard InChI is InChI=1S/C28H30N2OS/c31-28(17-9-10-20-32-25-13-5-2-6-14-25)29-19-18-24-22-30(21-23-11-3-1-4-12-23)27-16-8-7-15-26(24)27/h1-8,11-16,22H,9-10,17-21H2,(H,29,31). The Morgan fingerprint density at radius 2 is 1.56 bits per heavy atom. The Kier molecular flexibility index (Phi) is 8.05. The molecule has 4 aromatic rings. The molecule has 1 N–H and O–H groups in total. The van der Waals surface area contributed by atoms with Gasteiger partial charge in [0.2, 0.25) is 5.91 Å². The zero-order valence-electron chi connectivity index (χ0n) is 18.4. The number of aromatic nitrogens is 1. The molecule has 3 nitrogen and oxygen atoms in total. The largest absolute Gasteiger partial charge is 0.356 e. The van der Waals surface area contributed by atoms with Crippen LogP contribution in [0.1, 0.15) is 30.4 Å². The van der Waals surface area contributed by atoms with E-state index in [1.54, 1.807) is 0 Å². The fraction of sp³-hybridized carbons (Fsp3) is 0.250. The lowest BCUT2D eigenvalue weighted by Crippen LogP contribution is -2.25. The van der Waals surface area contributed by atoms with Crippen LogP contribution in [0.15, 0.2) is 96.0 Å². The monoisotopic (exact) mass is 442 g/mol. The van der Waals surface area contributed by atoms with Crippen LogP contribution in [0.2, 0.25) is 0 Å². The van der Waals surface area contributed by atoms with E-state index in [0.29, 0.717) is 13.0 Å². The number of thioether (sulfide) groups is 1. The van der Waals surface area contributed by atoms with Crippen molar-refractivity contribution in [1.29, 1.82) is 0 Å². The number of carbonyl (C=O) groups is 1. The molecule has 0 saturated heterocycles. The Hall–Kier alpha value is -2.98. The molecule has 1 aromatic heterocycles. The van der Waals surface area contributed by atoms with Crippen molar-refractivity contribution in [2.24, 2.45) is 0 Å². The van der Waals surface area contributed by atoms with Gasteiger partial charge in [0.15, 0.2) is 0 Å². The summed E-state index contributed by atoms with van der Waals surface area (Å²) in [5, 5.41) is 4.38. The highest BCUT2D eigenvalue weighted by Gasteiger charge is 2.09. The average molecular weight is 443 g/mol. The van der Waals surface area contributed by atoms with Crippen LogP contribution in [0.5, 0.6) is 0 Å². The first-order chi connectivity index (χ1) is 15.8. The molecule has 0 bridgehead atoms. The molecule has 0 aliphatic heterocycles. The van der Waals surface area contributed by atoms with Crippen molar-refractivity contribution in [3.8, 4) is 0 Å². The average Bonchev–Trinajstić information content (AvgIpc) is 3.17. The van der Waals surface area contributed by atoms with Crippen molar-refractivity contribution in [1.82, 2.24) is 9.88 Å². The molecule has 0 atom stereocenters. The zero-order chi connectivity index (χ0) is 22.0. The van der Waals surface area contributed by atoms with Gasteiger partial charge in [-0.3, -0.25) is 4.79 Å². The summed E-state index contributed by atoms with van der Waals surface area (Å²) < 4.78 is 2.31. The van der Waals surface area contributed by atoms with Crippen LogP contribution in [0.25, 0.3) is 10.9 Å². The van der Waals surface area contributed by atoms with E-state index in [1.165, 1.54) is 26.9 Å². The van der Waals surface area contributed by atoms with Gasteiger partial charge in [-0.25, -0.2) is 0 Å². The highest BCUT2D eigenvalue weighted by molar-refractivity contribution is 7.99. The summed E-state index contributed by atoms with van der Waals surface area (Å²) in [6.45, 7) is 1.53. The van der Waals surface area contributed by atoms with Crippen LogP contribution in [0, 0.1) is 0 Å². The summed E-state index contributed by atoms with van der Waals surface area (Å²) in [5.41, 5.74) is 3.82. The normalized spacial score (nSPS) is 11.0. The van der Waals surface area contributed by atoms with Crippen molar-refractivity contribution in [2.75, 3.05) is 12.3 Å². The van der Waals surface area contributed by atoms with E-state index in [9.17, 15) is 4.79 Å². The number of nitrogens with one attached hydrogen (secondary N) is 1. The minimum absolute atomic E-state index is 0.155. The second-order valence-corrected chi connectivity index (χ2v) is 9.17. The molecular formula is C28H30N2OS. The maximum atomic E-state index is 12.3. The second kappa shape index (κ2) is 11.6. The fourth-order valence-electron chi connectivity index (χ4n) is 3.95. The number of hydrogen-bond acceptors (Lipinski definition) is 2. The van der Waals surface area contributed by atoms with Gasteiger partial charge in [-0.15, -0.1) is 11.8 Å². The first-order valence-corrected chi connectivity index (χ1v) is 12.3. The van der Waals surface area contributed by atoms with Crippen molar-refractivity contribution in [2.45, 2.75) is 37.1 Å². The van der Waals surface area contributed by atoms with Crippen LogP contribution in [-0.4, -0.2) is 22.8 Å². The predicted molar refractivity (Wildman–Crippen MR) is 135 cm³/mol. The first kappa shape index (κ1) is 22.2. The molecule has 0 aliphatic carbocycles. The Labute approximate surface area is 194 Å². The van der Waals surface area contributed by atoms with Gasteiger partial charge in [-0.2, -0.15) is 0 Å². The highest BCUT2D eigenvalue weighted by Crippen LogP contribution is 2.23. The summed E-state index contributed by atoms with van der Waals surface area (Å²) in [6.07, 6.45) is 5.68. The number of para-hydroxylation sites is 1. The summed E-state index contributed by atoms with van der Waals surface area (Å²) >= 11 is 1.86. The minimum Gasteiger partial charge on any atom is -0.356 e. The molecule has 3 aromatic carbocycles. The van der Waals surface area contributed by atoms with Gasteiger partial charge in [0.25, 0.3) is 0 Å². The van der Waals surface area contributed by atoms with Crippen molar-refractivity contribution in [3.63, 3.8) is 0 Å². The van der Waals surface area contributed by atoms with Gasteiger partial charge < -0.3 is 9.88 Å². The molecule has 0 spiro atoms. The van der Waals surface area contributed by atoms with Crippen molar-refractivity contribution < 1.29 is 4.79 Å². The number of hydrogen-bond donors (Lipinski definition) is 1. The van der Waals surface area contributed by atoms with Crippen LogP contribution >= 0.6 is 11.8 Å². The van der Waals surface area contributed by atoms with E-state index in [2.05, 4.69) is 88.9 Å². The molecule has 0 unspecified atom stereocenters. The molecule has 32 heavy (non-hydrogen) atoms. The van der Waals surface area contributed by atoms with Gasteiger partial charge in [-0.05, 0) is 54.3 Å². The van der Waals surface area contributed by atoms with E-state index >= 15 is 0 Å². The second-order valence-electron chi connectivity index (χ2n) is 8.00. The van der Waals surface area contributed by atoms with Gasteiger partial charge in [-0.1, -0.05) is 66.7 Å². The van der Waals surface area contributed by atoms with E-state index in [-0.39, 0.29) is 5.91 Å².